The first-order valence-corrected chi connectivity index (χ1v) is 33.7. The molecule has 0 spiro atoms. The maximum atomic E-state index is 12.9. The third kappa shape index (κ3) is 65.1. The number of carboxylic acid groups (broad SMARTS) is 1. The fourth-order valence-corrected chi connectivity index (χ4v) is 9.06. The number of nitrogens with zero attached hydrogens (tertiary/aromatic N) is 1. The molecule has 0 fully saturated rings. The number of esters is 2. The molecule has 0 amide bonds. The van der Waals surface area contributed by atoms with Gasteiger partial charge in [0.25, 0.3) is 6.29 Å². The monoisotopic (exact) mass is 1160 g/mol. The zero-order chi connectivity index (χ0) is 60.5. The smallest absolute Gasteiger partial charge is 0.361 e. The molecule has 0 saturated carbocycles. The molecule has 2 unspecified atom stereocenters. The van der Waals surface area contributed by atoms with Crippen LogP contribution < -0.4 is 0 Å². The molecular formula is C74H126NO8+. The van der Waals surface area contributed by atoms with E-state index in [0.717, 1.165) is 103 Å². The molecule has 0 aliphatic carbocycles. The average Bonchev–Trinajstić information content (AvgIpc) is 3.46. The van der Waals surface area contributed by atoms with E-state index in [1.807, 2.05) is 21.1 Å². The number of carbonyl (C=O) groups is 3. The highest BCUT2D eigenvalue weighted by atomic mass is 16.7. The van der Waals surface area contributed by atoms with Crippen molar-refractivity contribution in [2.75, 3.05) is 47.5 Å². The van der Waals surface area contributed by atoms with Crippen molar-refractivity contribution in [3.05, 3.63) is 122 Å². The zero-order valence-electron chi connectivity index (χ0n) is 54.1. The molecule has 0 aliphatic heterocycles. The van der Waals surface area contributed by atoms with E-state index in [-0.39, 0.29) is 32.2 Å². The lowest BCUT2D eigenvalue weighted by Gasteiger charge is -2.25. The van der Waals surface area contributed by atoms with Gasteiger partial charge in [-0.15, -0.1) is 0 Å². The molecule has 9 nitrogen and oxygen atoms in total. The molecule has 1 N–H and O–H groups in total. The lowest BCUT2D eigenvalue weighted by Crippen LogP contribution is -2.40. The van der Waals surface area contributed by atoms with E-state index in [1.54, 1.807) is 0 Å². The number of hydrogen-bond acceptors (Lipinski definition) is 7. The highest BCUT2D eigenvalue weighted by molar-refractivity contribution is 5.71. The number of aliphatic carboxylic acids is 1. The molecule has 0 aliphatic rings. The predicted octanol–water partition coefficient (Wildman–Crippen LogP) is 20.8. The fourth-order valence-electron chi connectivity index (χ4n) is 9.06. The second kappa shape index (κ2) is 63.7. The molecule has 0 aromatic carbocycles. The lowest BCUT2D eigenvalue weighted by molar-refractivity contribution is -0.870. The topological polar surface area (TPSA) is 108 Å². The Hall–Kier alpha value is -4.31. The molecule has 83 heavy (non-hydrogen) atoms. The van der Waals surface area contributed by atoms with Crippen LogP contribution in [0.2, 0.25) is 0 Å². The van der Waals surface area contributed by atoms with Crippen LogP contribution in [0.5, 0.6) is 0 Å². The number of hydrogen-bond donors (Lipinski definition) is 1. The van der Waals surface area contributed by atoms with Crippen molar-refractivity contribution in [2.24, 2.45) is 0 Å². The third-order valence-electron chi connectivity index (χ3n) is 14.2. The first-order valence-electron chi connectivity index (χ1n) is 33.7. The minimum absolute atomic E-state index is 0.177. The van der Waals surface area contributed by atoms with Gasteiger partial charge in [-0.2, -0.15) is 0 Å². The molecule has 9 heteroatoms. The van der Waals surface area contributed by atoms with Gasteiger partial charge < -0.3 is 28.5 Å². The maximum Gasteiger partial charge on any atom is 0.361 e. The summed E-state index contributed by atoms with van der Waals surface area (Å²) in [6, 6.07) is 0. The van der Waals surface area contributed by atoms with Gasteiger partial charge in [-0.1, -0.05) is 270 Å². The molecule has 0 aromatic heterocycles. The highest BCUT2D eigenvalue weighted by Gasteiger charge is 2.25. The quantitative estimate of drug-likeness (QED) is 0.0211. The second-order valence-corrected chi connectivity index (χ2v) is 23.4. The Morgan fingerprint density at radius 1 is 0.373 bits per heavy atom. The summed E-state index contributed by atoms with van der Waals surface area (Å²) >= 11 is 0. The number of likely N-dealkylation sites (N-methyl/N-ethyl adjacent to an activating group) is 1. The molecule has 0 aromatic rings. The van der Waals surface area contributed by atoms with Crippen LogP contribution in [0.4, 0.5) is 0 Å². The molecule has 0 rings (SSSR count). The van der Waals surface area contributed by atoms with E-state index in [9.17, 15) is 19.5 Å². The SMILES string of the molecule is CC/C=C\C/C=C\C/C=C\C/C=C\C/C=C\C/C=C\C/C=C\C/C=C\CCCCCCC(=O)OC(COC(=O)CCCCCCCCCCCCCCCCCCC/C=C\C/C=C\CCCCCCC)COC(OCC[N+](C)(C)C)C(=O)O. The molecule has 0 bridgehead atoms. The summed E-state index contributed by atoms with van der Waals surface area (Å²) < 4.78 is 22.9. The van der Waals surface area contributed by atoms with Crippen molar-refractivity contribution in [2.45, 2.75) is 283 Å². The van der Waals surface area contributed by atoms with Gasteiger partial charge in [0, 0.05) is 12.8 Å². The standard InChI is InChI=1S/C74H125NO8/c1-6-8-10-12-14-16-18-20-22-24-26-28-30-32-34-36-38-40-42-44-46-48-50-52-54-56-58-60-62-64-71(76)81-68-70(69-82-74(73(78)79)80-67-66-75(3,4)5)83-72(77)65-63-61-59-57-55-53-51-49-47-45-43-41-39-37-35-33-31-29-27-25-23-21-19-17-15-13-11-9-7-2/h9,11,15,17-18,20-21,23-24,26-27,29,33,35,39,41,45,47,51,53,70,74H,6-8,10,12-14,16,19,22,25,28,30-32,34,36-38,40,42-44,46,48-50,52,54-69H2,1-5H3/p+1/b11-9-,17-15-,20-18-,23-21-,26-24-,29-27-,35-33-,41-39-,47-45-,53-51-. The number of carboxylic acids is 1. The van der Waals surface area contributed by atoms with Crippen molar-refractivity contribution in [1.29, 1.82) is 0 Å². The summed E-state index contributed by atoms with van der Waals surface area (Å²) in [6.07, 6.45) is 87.3. The van der Waals surface area contributed by atoms with Gasteiger partial charge >= 0.3 is 17.9 Å². The van der Waals surface area contributed by atoms with Crippen molar-refractivity contribution < 1.29 is 42.9 Å². The normalized spacial score (nSPS) is 13.5. The summed E-state index contributed by atoms with van der Waals surface area (Å²) in [5.74, 6) is -2.04. The highest BCUT2D eigenvalue weighted by Crippen LogP contribution is 2.16. The van der Waals surface area contributed by atoms with E-state index in [4.69, 9.17) is 18.9 Å². The summed E-state index contributed by atoms with van der Waals surface area (Å²) in [4.78, 5) is 37.6. The Morgan fingerprint density at radius 2 is 0.687 bits per heavy atom. The predicted molar refractivity (Wildman–Crippen MR) is 354 cm³/mol. The number of quaternary nitrogens is 1. The van der Waals surface area contributed by atoms with Gasteiger partial charge in [0.15, 0.2) is 6.10 Å². The molecule has 0 radical (unpaired) electrons. The van der Waals surface area contributed by atoms with Crippen LogP contribution in [0, 0.1) is 0 Å². The van der Waals surface area contributed by atoms with Crippen molar-refractivity contribution in [3.63, 3.8) is 0 Å². The Morgan fingerprint density at radius 3 is 1.02 bits per heavy atom. The lowest BCUT2D eigenvalue weighted by atomic mass is 10.0. The average molecular weight is 1160 g/mol. The van der Waals surface area contributed by atoms with E-state index in [0.29, 0.717) is 23.9 Å². The number of ether oxygens (including phenoxy) is 4. The molecular weight excluding hydrogens is 1030 g/mol. The van der Waals surface area contributed by atoms with Crippen LogP contribution in [-0.2, 0) is 33.3 Å². The van der Waals surface area contributed by atoms with Gasteiger partial charge in [-0.05, 0) is 109 Å². The third-order valence-corrected chi connectivity index (χ3v) is 14.2. The van der Waals surface area contributed by atoms with E-state index in [2.05, 4.69) is 135 Å². The molecule has 474 valence electrons. The van der Waals surface area contributed by atoms with Crippen LogP contribution in [0.15, 0.2) is 122 Å². The van der Waals surface area contributed by atoms with Crippen LogP contribution in [-0.4, -0.2) is 87.4 Å². The Labute approximate surface area is 510 Å². The first-order chi connectivity index (χ1) is 40.6. The van der Waals surface area contributed by atoms with Gasteiger partial charge in [-0.25, -0.2) is 4.79 Å². The summed E-state index contributed by atoms with van der Waals surface area (Å²) in [5, 5.41) is 9.74. The number of rotatable bonds is 61. The number of unbranched alkanes of at least 4 members (excludes halogenated alkanes) is 26. The molecule has 0 heterocycles. The Kier molecular flexibility index (Phi) is 60.4. The Bertz CT molecular complexity index is 1780. The minimum atomic E-state index is -1.53. The maximum absolute atomic E-state index is 12.9. The van der Waals surface area contributed by atoms with Gasteiger partial charge in [0.1, 0.15) is 13.2 Å². The van der Waals surface area contributed by atoms with E-state index < -0.39 is 24.3 Å². The fraction of sp³-hybridized carbons (Fsp3) is 0.689. The van der Waals surface area contributed by atoms with Gasteiger partial charge in [0.05, 0.1) is 34.4 Å². The van der Waals surface area contributed by atoms with Crippen LogP contribution in [0.25, 0.3) is 0 Å². The first kappa shape index (κ1) is 78.7. The van der Waals surface area contributed by atoms with Crippen LogP contribution >= 0.6 is 0 Å². The Balaban J connectivity index is 4.23. The minimum Gasteiger partial charge on any atom is -0.477 e. The van der Waals surface area contributed by atoms with E-state index in [1.165, 1.54) is 135 Å². The largest absolute Gasteiger partial charge is 0.477 e. The summed E-state index contributed by atoms with van der Waals surface area (Å²) in [7, 11) is 5.96. The summed E-state index contributed by atoms with van der Waals surface area (Å²) in [5.41, 5.74) is 0. The van der Waals surface area contributed by atoms with Gasteiger partial charge in [-0.3, -0.25) is 9.59 Å². The zero-order valence-corrected chi connectivity index (χ0v) is 54.1. The number of carbonyl (C=O) groups excluding carboxylic acids is 2. The van der Waals surface area contributed by atoms with Crippen LogP contribution in [0.3, 0.4) is 0 Å². The van der Waals surface area contributed by atoms with Crippen molar-refractivity contribution >= 4 is 17.9 Å². The number of allylic oxidation sites excluding steroid dienone is 20. The molecule has 0 saturated heterocycles. The molecule has 2 atom stereocenters. The summed E-state index contributed by atoms with van der Waals surface area (Å²) in [6.45, 7) is 4.73. The second-order valence-electron chi connectivity index (χ2n) is 23.4. The van der Waals surface area contributed by atoms with Crippen molar-refractivity contribution in [1.82, 2.24) is 0 Å². The van der Waals surface area contributed by atoms with Crippen LogP contribution in [0.1, 0.15) is 271 Å². The van der Waals surface area contributed by atoms with Gasteiger partial charge in [0.2, 0.25) is 0 Å². The van der Waals surface area contributed by atoms with E-state index >= 15 is 0 Å². The van der Waals surface area contributed by atoms with Crippen molar-refractivity contribution in [3.8, 4) is 0 Å².